The topological polar surface area (TPSA) is 74.3 Å². The average molecular weight is 368 g/mol. The van der Waals surface area contributed by atoms with Crippen molar-refractivity contribution in [2.45, 2.75) is 25.4 Å². The average Bonchev–Trinajstić information content (AvgIpc) is 3.16. The Labute approximate surface area is 165 Å². The summed E-state index contributed by atoms with van der Waals surface area (Å²) in [6.07, 6.45) is 3.18. The summed E-state index contributed by atoms with van der Waals surface area (Å²) in [5.74, 6) is 0.358. The molecule has 140 valence electrons. The van der Waals surface area contributed by atoms with Crippen molar-refractivity contribution in [3.05, 3.63) is 95.1 Å². The number of nitrogens with zero attached hydrogens (tertiary/aromatic N) is 1. The first kappa shape index (κ1) is 18.1. The summed E-state index contributed by atoms with van der Waals surface area (Å²) < 4.78 is 0. The first-order valence-electron chi connectivity index (χ1n) is 9.55. The highest BCUT2D eigenvalue weighted by atomic mass is 14.9. The molecular weight excluding hydrogens is 344 g/mol. The lowest BCUT2D eigenvalue weighted by molar-refractivity contribution is 0.533. The van der Waals surface area contributed by atoms with Gasteiger partial charge in [-0.2, -0.15) is 0 Å². The minimum atomic E-state index is 0.358. The molecule has 4 rings (SSSR count). The highest BCUT2D eigenvalue weighted by molar-refractivity contribution is 6.01. The van der Waals surface area contributed by atoms with Crippen molar-refractivity contribution in [2.75, 3.05) is 0 Å². The summed E-state index contributed by atoms with van der Waals surface area (Å²) in [7, 11) is 0. The molecule has 0 radical (unpaired) electrons. The van der Waals surface area contributed by atoms with Gasteiger partial charge in [0.1, 0.15) is 12.2 Å². The monoisotopic (exact) mass is 368 g/mol. The van der Waals surface area contributed by atoms with Gasteiger partial charge in [0.15, 0.2) is 0 Å². The van der Waals surface area contributed by atoms with Crippen LogP contribution in [0.1, 0.15) is 22.3 Å². The summed E-state index contributed by atoms with van der Waals surface area (Å²) in [6, 6.07) is 25.8. The minimum Gasteiger partial charge on any atom is -0.383 e. The van der Waals surface area contributed by atoms with E-state index in [0.29, 0.717) is 11.9 Å². The molecular formula is C24H24N4. The molecule has 1 aliphatic carbocycles. The molecule has 0 bridgehead atoms. The van der Waals surface area contributed by atoms with Gasteiger partial charge in [0, 0.05) is 18.2 Å². The van der Waals surface area contributed by atoms with Crippen LogP contribution in [0.5, 0.6) is 0 Å². The van der Waals surface area contributed by atoms with Crippen LogP contribution >= 0.6 is 0 Å². The molecule has 0 saturated carbocycles. The third-order valence-corrected chi connectivity index (χ3v) is 5.29. The Hall–Kier alpha value is -3.24. The largest absolute Gasteiger partial charge is 0.383 e. The number of nitrogens with one attached hydrogen (secondary N) is 2. The zero-order chi connectivity index (χ0) is 19.3. The molecule has 28 heavy (non-hydrogen) atoms. The highest BCUT2D eigenvalue weighted by Crippen LogP contribution is 2.23. The van der Waals surface area contributed by atoms with Crippen molar-refractivity contribution in [3.63, 3.8) is 0 Å². The van der Waals surface area contributed by atoms with Crippen LogP contribution in [-0.4, -0.2) is 18.2 Å². The Morgan fingerprint density at radius 1 is 0.964 bits per heavy atom. The summed E-state index contributed by atoms with van der Waals surface area (Å²) in [5.41, 5.74) is 13.2. The Balaban J connectivity index is 1.42. The number of hydrogen-bond acceptors (Lipinski definition) is 2. The first-order valence-corrected chi connectivity index (χ1v) is 9.55. The lowest BCUT2D eigenvalue weighted by Crippen LogP contribution is -2.28. The van der Waals surface area contributed by atoms with Gasteiger partial charge in [0.2, 0.25) is 0 Å². The summed E-state index contributed by atoms with van der Waals surface area (Å²) in [6.45, 7) is 0.865. The zero-order valence-electron chi connectivity index (χ0n) is 15.7. The molecule has 0 unspecified atom stereocenters. The van der Waals surface area contributed by atoms with Gasteiger partial charge < -0.3 is 11.1 Å². The Kier molecular flexibility index (Phi) is 5.31. The fraction of sp³-hybridized carbons (Fsp3) is 0.167. The standard InChI is InChI=1S/C24H24N4/c25-16-28-24(26)19-10-8-18(9-11-19)20-7-3-4-17(12-20)15-27-23-13-21-5-1-2-6-22(21)14-23/h1-12,16,23,27H,13-15H2,(H3,25,26,28). The molecule has 0 saturated heterocycles. The van der Waals surface area contributed by atoms with E-state index in [9.17, 15) is 0 Å². The van der Waals surface area contributed by atoms with E-state index >= 15 is 0 Å². The van der Waals surface area contributed by atoms with Gasteiger partial charge in [0.05, 0.1) is 0 Å². The van der Waals surface area contributed by atoms with Crippen molar-refractivity contribution < 1.29 is 0 Å². The predicted molar refractivity (Wildman–Crippen MR) is 116 cm³/mol. The van der Waals surface area contributed by atoms with Crippen LogP contribution < -0.4 is 11.1 Å². The van der Waals surface area contributed by atoms with Crippen LogP contribution in [0.2, 0.25) is 0 Å². The van der Waals surface area contributed by atoms with Crippen molar-refractivity contribution in [1.82, 2.24) is 5.32 Å². The zero-order valence-corrected chi connectivity index (χ0v) is 15.7. The van der Waals surface area contributed by atoms with E-state index in [-0.39, 0.29) is 0 Å². The number of nitrogens with two attached hydrogens (primary N) is 1. The second-order valence-electron chi connectivity index (χ2n) is 7.18. The SMILES string of the molecule is N=CN=C(N)c1ccc(-c2cccc(CNC3Cc4ccccc4C3)c2)cc1. The van der Waals surface area contributed by atoms with Crippen molar-refractivity contribution in [1.29, 1.82) is 5.41 Å². The maximum Gasteiger partial charge on any atom is 0.132 e. The van der Waals surface area contributed by atoms with Gasteiger partial charge in [-0.1, -0.05) is 66.7 Å². The Morgan fingerprint density at radius 2 is 1.68 bits per heavy atom. The van der Waals surface area contributed by atoms with Crippen LogP contribution in [0.4, 0.5) is 0 Å². The number of benzene rings is 3. The van der Waals surface area contributed by atoms with E-state index in [0.717, 1.165) is 36.9 Å². The summed E-state index contributed by atoms with van der Waals surface area (Å²) in [5, 5.41) is 10.7. The fourth-order valence-corrected chi connectivity index (χ4v) is 3.80. The lowest BCUT2D eigenvalue weighted by Gasteiger charge is -2.13. The maximum absolute atomic E-state index is 7.02. The molecule has 1 aliphatic rings. The van der Waals surface area contributed by atoms with E-state index < -0.39 is 0 Å². The quantitative estimate of drug-likeness (QED) is 0.456. The van der Waals surface area contributed by atoms with E-state index in [4.69, 9.17) is 11.1 Å². The second-order valence-corrected chi connectivity index (χ2v) is 7.18. The van der Waals surface area contributed by atoms with Gasteiger partial charge in [-0.05, 0) is 46.7 Å². The predicted octanol–water partition coefficient (Wildman–Crippen LogP) is 3.92. The van der Waals surface area contributed by atoms with E-state index in [1.165, 1.54) is 22.3 Å². The Bertz CT molecular complexity index is 980. The highest BCUT2D eigenvalue weighted by Gasteiger charge is 2.20. The first-order chi connectivity index (χ1) is 13.7. The van der Waals surface area contributed by atoms with Crippen molar-refractivity contribution in [3.8, 4) is 11.1 Å². The molecule has 0 amide bonds. The smallest absolute Gasteiger partial charge is 0.132 e. The number of hydrogen-bond donors (Lipinski definition) is 3. The molecule has 0 heterocycles. The molecule has 3 aromatic rings. The summed E-state index contributed by atoms with van der Waals surface area (Å²) >= 11 is 0. The van der Waals surface area contributed by atoms with Gasteiger partial charge in [-0.15, -0.1) is 0 Å². The van der Waals surface area contributed by atoms with Crippen molar-refractivity contribution in [2.24, 2.45) is 10.7 Å². The number of rotatable bonds is 6. The molecule has 0 aliphatic heterocycles. The van der Waals surface area contributed by atoms with E-state index in [1.807, 2.05) is 24.3 Å². The van der Waals surface area contributed by atoms with Crippen LogP contribution in [0.3, 0.4) is 0 Å². The second kappa shape index (κ2) is 8.19. The van der Waals surface area contributed by atoms with Crippen LogP contribution in [0.25, 0.3) is 11.1 Å². The molecule has 0 fully saturated rings. The van der Waals surface area contributed by atoms with Gasteiger partial charge >= 0.3 is 0 Å². The molecule has 3 aromatic carbocycles. The molecule has 0 spiro atoms. The normalized spacial score (nSPS) is 14.1. The maximum atomic E-state index is 7.02. The van der Waals surface area contributed by atoms with Crippen LogP contribution in [0, 0.1) is 5.41 Å². The number of amidine groups is 1. The van der Waals surface area contributed by atoms with E-state index in [1.54, 1.807) is 0 Å². The molecule has 4 heteroatoms. The van der Waals surface area contributed by atoms with Crippen LogP contribution in [-0.2, 0) is 19.4 Å². The minimum absolute atomic E-state index is 0.358. The van der Waals surface area contributed by atoms with Gasteiger partial charge in [-0.3, -0.25) is 5.41 Å². The fourth-order valence-electron chi connectivity index (χ4n) is 3.80. The summed E-state index contributed by atoms with van der Waals surface area (Å²) in [4.78, 5) is 3.82. The molecule has 4 nitrogen and oxygen atoms in total. The number of fused-ring (bicyclic) bond motifs is 1. The van der Waals surface area contributed by atoms with Crippen molar-refractivity contribution >= 4 is 12.2 Å². The van der Waals surface area contributed by atoms with Crippen LogP contribution in [0.15, 0.2) is 77.8 Å². The third kappa shape index (κ3) is 4.02. The van der Waals surface area contributed by atoms with Gasteiger partial charge in [-0.25, -0.2) is 4.99 Å². The molecule has 4 N–H and O–H groups in total. The van der Waals surface area contributed by atoms with Gasteiger partial charge in [0.25, 0.3) is 0 Å². The molecule has 0 atom stereocenters. The number of aliphatic imine (C=N–C) groups is 1. The Morgan fingerprint density at radius 3 is 2.36 bits per heavy atom. The lowest BCUT2D eigenvalue weighted by atomic mass is 10.0. The van der Waals surface area contributed by atoms with E-state index in [2.05, 4.69) is 58.8 Å². The molecule has 0 aromatic heterocycles. The third-order valence-electron chi connectivity index (χ3n) is 5.29.